The molecule has 31 heavy (non-hydrogen) atoms. The van der Waals surface area contributed by atoms with Crippen LogP contribution in [0.3, 0.4) is 0 Å². The van der Waals surface area contributed by atoms with Gasteiger partial charge in [-0.3, -0.25) is 14.5 Å². The van der Waals surface area contributed by atoms with Gasteiger partial charge in [0, 0.05) is 7.05 Å². The van der Waals surface area contributed by atoms with Crippen molar-refractivity contribution >= 4 is 27.6 Å². The highest BCUT2D eigenvalue weighted by Crippen LogP contribution is 2.25. The zero-order valence-corrected chi connectivity index (χ0v) is 17.5. The van der Waals surface area contributed by atoms with Crippen LogP contribution in [0.2, 0.25) is 0 Å². The Morgan fingerprint density at radius 3 is 1.97 bits per heavy atom. The van der Waals surface area contributed by atoms with E-state index in [4.69, 9.17) is 4.74 Å². The van der Waals surface area contributed by atoms with Gasteiger partial charge in [-0.25, -0.2) is 13.2 Å². The number of fused-ring (bicyclic) bond motifs is 1. The molecule has 0 unspecified atom stereocenters. The molecule has 0 atom stereocenters. The Morgan fingerprint density at radius 2 is 1.35 bits per heavy atom. The van der Waals surface area contributed by atoms with Crippen molar-refractivity contribution in [3.05, 3.63) is 89.0 Å². The molecule has 8 heteroatoms. The number of rotatable bonds is 4. The Labute approximate surface area is 178 Å². The highest BCUT2D eigenvalue weighted by atomic mass is 32.2. The normalized spacial score (nSPS) is 13.3. The van der Waals surface area contributed by atoms with Gasteiger partial charge >= 0.3 is 5.97 Å². The fraction of sp³-hybridized carbons (Fsp3) is 0.0870. The second-order valence-electron chi connectivity index (χ2n) is 7.11. The molecule has 0 fully saturated rings. The molecule has 1 heterocycles. The molecular weight excluding hydrogens is 418 g/mol. The molecule has 0 bridgehead atoms. The summed E-state index contributed by atoms with van der Waals surface area (Å²) in [7, 11) is -2.32. The van der Waals surface area contributed by atoms with Crippen LogP contribution in [0.5, 0.6) is 5.75 Å². The van der Waals surface area contributed by atoms with Crippen molar-refractivity contribution in [1.29, 1.82) is 0 Å². The van der Waals surface area contributed by atoms with Gasteiger partial charge in [0.1, 0.15) is 5.75 Å². The first-order valence-electron chi connectivity index (χ1n) is 9.29. The number of amides is 2. The van der Waals surface area contributed by atoms with Gasteiger partial charge in [0.25, 0.3) is 11.8 Å². The van der Waals surface area contributed by atoms with Gasteiger partial charge in [-0.15, -0.1) is 0 Å². The van der Waals surface area contributed by atoms with Gasteiger partial charge in [-0.1, -0.05) is 17.7 Å². The third-order valence-corrected chi connectivity index (χ3v) is 6.79. The Morgan fingerprint density at radius 1 is 0.806 bits per heavy atom. The van der Waals surface area contributed by atoms with E-state index < -0.39 is 27.6 Å². The van der Waals surface area contributed by atoms with Crippen molar-refractivity contribution in [2.24, 2.45) is 0 Å². The molecule has 0 N–H and O–H groups in total. The van der Waals surface area contributed by atoms with Gasteiger partial charge in [-0.05, 0) is 61.5 Å². The maximum atomic E-state index is 12.7. The highest BCUT2D eigenvalue weighted by molar-refractivity contribution is 7.91. The summed E-state index contributed by atoms with van der Waals surface area (Å²) in [4.78, 5) is 37.7. The first-order chi connectivity index (χ1) is 14.7. The lowest BCUT2D eigenvalue weighted by Gasteiger charge is -2.08. The van der Waals surface area contributed by atoms with Crippen LogP contribution in [0, 0.1) is 6.92 Å². The summed E-state index contributed by atoms with van der Waals surface area (Å²) in [6, 6.07) is 16.1. The average Bonchev–Trinajstić information content (AvgIpc) is 2.98. The van der Waals surface area contributed by atoms with E-state index in [2.05, 4.69) is 0 Å². The molecule has 1 aliphatic rings. The second kappa shape index (κ2) is 7.48. The van der Waals surface area contributed by atoms with Crippen molar-refractivity contribution in [3.8, 4) is 5.75 Å². The maximum Gasteiger partial charge on any atom is 0.343 e. The first-order valence-corrected chi connectivity index (χ1v) is 10.8. The van der Waals surface area contributed by atoms with Crippen molar-refractivity contribution < 1.29 is 27.5 Å². The summed E-state index contributed by atoms with van der Waals surface area (Å²) in [5, 5.41) is 0. The Balaban J connectivity index is 1.54. The summed E-state index contributed by atoms with van der Waals surface area (Å²) < 4.78 is 30.7. The molecule has 0 spiro atoms. The number of esters is 1. The Kier molecular flexibility index (Phi) is 4.94. The zero-order chi connectivity index (χ0) is 22.3. The van der Waals surface area contributed by atoms with Crippen LogP contribution in [0.1, 0.15) is 36.6 Å². The molecule has 0 radical (unpaired) electrons. The van der Waals surface area contributed by atoms with E-state index in [0.717, 1.165) is 10.5 Å². The number of ether oxygens (including phenoxy) is 1. The lowest BCUT2D eigenvalue weighted by molar-refractivity contribution is 0.0691. The number of hydrogen-bond donors (Lipinski definition) is 0. The van der Waals surface area contributed by atoms with Gasteiger partial charge in [0.15, 0.2) is 0 Å². The minimum absolute atomic E-state index is 0.0702. The summed E-state index contributed by atoms with van der Waals surface area (Å²) >= 11 is 0. The Bertz CT molecular complexity index is 1330. The zero-order valence-electron chi connectivity index (χ0n) is 16.7. The van der Waals surface area contributed by atoms with Crippen LogP contribution in [-0.4, -0.2) is 38.1 Å². The standard InChI is InChI=1S/C23H17NO6S/c1-14-3-8-17(9-4-14)31(28,29)18-10-6-16(7-11-18)30-23(27)15-5-12-19-20(13-15)22(26)24(2)21(19)25/h3-13H,1-2H3. The third-order valence-electron chi connectivity index (χ3n) is 5.00. The van der Waals surface area contributed by atoms with Crippen molar-refractivity contribution in [1.82, 2.24) is 4.90 Å². The minimum atomic E-state index is -3.69. The number of carbonyl (C=O) groups is 3. The third kappa shape index (κ3) is 3.62. The second-order valence-corrected chi connectivity index (χ2v) is 9.06. The van der Waals surface area contributed by atoms with E-state index in [9.17, 15) is 22.8 Å². The van der Waals surface area contributed by atoms with Crippen LogP contribution in [0.15, 0.2) is 76.5 Å². The minimum Gasteiger partial charge on any atom is -0.423 e. The molecule has 1 aliphatic heterocycles. The first kappa shape index (κ1) is 20.5. The predicted molar refractivity (Wildman–Crippen MR) is 111 cm³/mol. The van der Waals surface area contributed by atoms with E-state index in [-0.39, 0.29) is 32.2 Å². The lowest BCUT2D eigenvalue weighted by atomic mass is 10.1. The van der Waals surface area contributed by atoms with Gasteiger partial charge in [0.05, 0.1) is 26.5 Å². The topological polar surface area (TPSA) is 97.8 Å². The highest BCUT2D eigenvalue weighted by Gasteiger charge is 2.33. The molecule has 2 amide bonds. The molecule has 4 rings (SSSR count). The van der Waals surface area contributed by atoms with Crippen molar-refractivity contribution in [2.75, 3.05) is 7.05 Å². The van der Waals surface area contributed by atoms with Crippen molar-refractivity contribution in [3.63, 3.8) is 0 Å². The summed E-state index contributed by atoms with van der Waals surface area (Å²) in [6.07, 6.45) is 0. The van der Waals surface area contributed by atoms with E-state index >= 15 is 0 Å². The molecule has 0 aromatic heterocycles. The SMILES string of the molecule is Cc1ccc(S(=O)(=O)c2ccc(OC(=O)c3ccc4c(c3)C(=O)N(C)C4=O)cc2)cc1. The smallest absolute Gasteiger partial charge is 0.343 e. The molecule has 0 saturated carbocycles. The molecule has 0 aliphatic carbocycles. The maximum absolute atomic E-state index is 12.7. The number of carbonyl (C=O) groups excluding carboxylic acids is 3. The lowest BCUT2D eigenvalue weighted by Crippen LogP contribution is -2.24. The van der Waals surface area contributed by atoms with Gasteiger partial charge < -0.3 is 4.74 Å². The van der Waals surface area contributed by atoms with Crippen molar-refractivity contribution in [2.45, 2.75) is 16.7 Å². The largest absolute Gasteiger partial charge is 0.423 e. The molecule has 156 valence electrons. The van der Waals surface area contributed by atoms with Crippen LogP contribution in [-0.2, 0) is 9.84 Å². The number of imide groups is 1. The van der Waals surface area contributed by atoms with Gasteiger partial charge in [0.2, 0.25) is 9.84 Å². The monoisotopic (exact) mass is 435 g/mol. The Hall–Kier alpha value is -3.78. The average molecular weight is 435 g/mol. The van der Waals surface area contributed by atoms with Gasteiger partial charge in [-0.2, -0.15) is 0 Å². The number of benzene rings is 3. The van der Waals surface area contributed by atoms with E-state index in [1.165, 1.54) is 61.6 Å². The molecular formula is C23H17NO6S. The predicted octanol–water partition coefficient (Wildman–Crippen LogP) is 3.27. The van der Waals surface area contributed by atoms with Crippen LogP contribution >= 0.6 is 0 Å². The number of sulfone groups is 1. The van der Waals surface area contributed by atoms with Crippen LogP contribution in [0.4, 0.5) is 0 Å². The van der Waals surface area contributed by atoms with Crippen LogP contribution in [0.25, 0.3) is 0 Å². The number of hydrogen-bond acceptors (Lipinski definition) is 6. The van der Waals surface area contributed by atoms with E-state index in [0.29, 0.717) is 0 Å². The molecule has 0 saturated heterocycles. The van der Waals surface area contributed by atoms with Crippen LogP contribution < -0.4 is 4.74 Å². The number of nitrogens with zero attached hydrogens (tertiary/aromatic N) is 1. The number of aryl methyl sites for hydroxylation is 1. The van der Waals surface area contributed by atoms with E-state index in [1.54, 1.807) is 12.1 Å². The summed E-state index contributed by atoms with van der Waals surface area (Å²) in [5.41, 5.74) is 1.42. The summed E-state index contributed by atoms with van der Waals surface area (Å²) in [6.45, 7) is 1.87. The fourth-order valence-electron chi connectivity index (χ4n) is 3.19. The quantitative estimate of drug-likeness (QED) is 0.354. The molecule has 3 aromatic rings. The van der Waals surface area contributed by atoms with E-state index in [1.807, 2.05) is 6.92 Å². The fourth-order valence-corrected chi connectivity index (χ4v) is 4.46. The molecule has 3 aromatic carbocycles. The summed E-state index contributed by atoms with van der Waals surface area (Å²) in [5.74, 6) is -1.50. The molecule has 7 nitrogen and oxygen atoms in total.